The number of nitrogens with one attached hydrogen (secondary N) is 1. The molecule has 0 saturated carbocycles. The molecule has 1 aromatic carbocycles. The van der Waals surface area contributed by atoms with Gasteiger partial charge in [-0.3, -0.25) is 0 Å². The Bertz CT molecular complexity index is 355. The number of hydrogen-bond acceptors (Lipinski definition) is 3. The molecule has 1 unspecified atom stereocenters. The lowest BCUT2D eigenvalue weighted by Crippen LogP contribution is -2.28. The molecule has 86 valence electrons. The van der Waals surface area contributed by atoms with E-state index in [-0.39, 0.29) is 5.56 Å². The minimum Gasteiger partial charge on any atom is -0.492 e. The predicted molar refractivity (Wildman–Crippen MR) is 59.9 cm³/mol. The Kier molecular flexibility index (Phi) is 3.41. The molecule has 1 aromatic rings. The monoisotopic (exact) mass is 221 g/mol. The summed E-state index contributed by atoms with van der Waals surface area (Å²) in [5.74, 6) is -0.192. The first-order chi connectivity index (χ1) is 7.75. The van der Waals surface area contributed by atoms with Crippen molar-refractivity contribution in [1.82, 2.24) is 5.32 Å². The third kappa shape index (κ3) is 2.73. The van der Waals surface area contributed by atoms with Gasteiger partial charge in [0.05, 0.1) is 5.56 Å². The minimum atomic E-state index is -0.913. The summed E-state index contributed by atoms with van der Waals surface area (Å²) in [6.07, 6.45) is 2.35. The van der Waals surface area contributed by atoms with Crippen molar-refractivity contribution in [3.05, 3.63) is 29.8 Å². The van der Waals surface area contributed by atoms with Crippen LogP contribution in [0, 0.1) is 0 Å². The molecule has 1 aliphatic rings. The van der Waals surface area contributed by atoms with Crippen LogP contribution in [0.5, 0.6) is 5.75 Å². The van der Waals surface area contributed by atoms with E-state index < -0.39 is 5.97 Å². The van der Waals surface area contributed by atoms with E-state index >= 15 is 0 Å². The Labute approximate surface area is 94.2 Å². The maximum Gasteiger partial charge on any atom is 0.335 e. The standard InChI is InChI=1S/C12H15NO3/c14-12(15)9-3-5-11(6-4-9)16-8-10-2-1-7-13-10/h3-6,10,13H,1-2,7-8H2,(H,14,15). The lowest BCUT2D eigenvalue weighted by molar-refractivity contribution is 0.0697. The Morgan fingerprint density at radius 3 is 2.75 bits per heavy atom. The number of aromatic carboxylic acids is 1. The van der Waals surface area contributed by atoms with Crippen molar-refractivity contribution in [2.45, 2.75) is 18.9 Å². The fourth-order valence-electron chi connectivity index (χ4n) is 1.79. The predicted octanol–water partition coefficient (Wildman–Crippen LogP) is 1.52. The zero-order chi connectivity index (χ0) is 11.4. The highest BCUT2D eigenvalue weighted by atomic mass is 16.5. The second kappa shape index (κ2) is 4.99. The van der Waals surface area contributed by atoms with Gasteiger partial charge in [0.2, 0.25) is 0 Å². The van der Waals surface area contributed by atoms with Gasteiger partial charge < -0.3 is 15.2 Å². The second-order valence-electron chi connectivity index (χ2n) is 3.93. The molecule has 0 radical (unpaired) electrons. The highest BCUT2D eigenvalue weighted by Gasteiger charge is 2.14. The molecule has 0 aromatic heterocycles. The minimum absolute atomic E-state index is 0.284. The van der Waals surface area contributed by atoms with Gasteiger partial charge in [0, 0.05) is 6.04 Å². The van der Waals surface area contributed by atoms with Gasteiger partial charge >= 0.3 is 5.97 Å². The van der Waals surface area contributed by atoms with Gasteiger partial charge in [-0.15, -0.1) is 0 Å². The summed E-state index contributed by atoms with van der Waals surface area (Å²) < 4.78 is 5.57. The number of hydrogen-bond donors (Lipinski definition) is 2. The van der Waals surface area contributed by atoms with Crippen molar-refractivity contribution in [1.29, 1.82) is 0 Å². The molecule has 1 aliphatic heterocycles. The Balaban J connectivity index is 1.87. The van der Waals surface area contributed by atoms with E-state index in [0.29, 0.717) is 12.6 Å². The van der Waals surface area contributed by atoms with Crippen LogP contribution in [0.15, 0.2) is 24.3 Å². The van der Waals surface area contributed by atoms with Gasteiger partial charge in [-0.25, -0.2) is 4.79 Å². The zero-order valence-corrected chi connectivity index (χ0v) is 8.98. The summed E-state index contributed by atoms with van der Waals surface area (Å²) in [4.78, 5) is 10.6. The third-order valence-corrected chi connectivity index (χ3v) is 2.71. The molecule has 2 N–H and O–H groups in total. The second-order valence-corrected chi connectivity index (χ2v) is 3.93. The molecule has 4 heteroatoms. The van der Waals surface area contributed by atoms with Gasteiger partial charge in [0.25, 0.3) is 0 Å². The zero-order valence-electron chi connectivity index (χ0n) is 8.98. The number of benzene rings is 1. The van der Waals surface area contributed by atoms with Crippen LogP contribution in [0.2, 0.25) is 0 Å². The number of carboxylic acids is 1. The molecule has 2 rings (SSSR count). The summed E-state index contributed by atoms with van der Waals surface area (Å²) >= 11 is 0. The molecule has 0 aliphatic carbocycles. The average molecular weight is 221 g/mol. The van der Waals surface area contributed by atoms with Gasteiger partial charge in [0.1, 0.15) is 12.4 Å². The van der Waals surface area contributed by atoms with Gasteiger partial charge in [0.15, 0.2) is 0 Å². The van der Waals surface area contributed by atoms with E-state index in [1.807, 2.05) is 0 Å². The van der Waals surface area contributed by atoms with Crippen LogP contribution < -0.4 is 10.1 Å². The van der Waals surface area contributed by atoms with Crippen molar-refractivity contribution < 1.29 is 14.6 Å². The summed E-state index contributed by atoms with van der Waals surface area (Å²) in [7, 11) is 0. The summed E-state index contributed by atoms with van der Waals surface area (Å²) in [6.45, 7) is 1.71. The number of rotatable bonds is 4. The van der Waals surface area contributed by atoms with Crippen molar-refractivity contribution in [3.63, 3.8) is 0 Å². The van der Waals surface area contributed by atoms with E-state index in [9.17, 15) is 4.79 Å². The molecule has 0 bridgehead atoms. The lowest BCUT2D eigenvalue weighted by atomic mass is 10.2. The highest BCUT2D eigenvalue weighted by molar-refractivity contribution is 5.87. The van der Waals surface area contributed by atoms with Crippen LogP contribution in [-0.4, -0.2) is 30.3 Å². The van der Waals surface area contributed by atoms with Crippen LogP contribution in [0.3, 0.4) is 0 Å². The Morgan fingerprint density at radius 1 is 1.44 bits per heavy atom. The number of carboxylic acid groups (broad SMARTS) is 1. The normalized spacial score (nSPS) is 19.6. The Morgan fingerprint density at radius 2 is 2.19 bits per heavy atom. The van der Waals surface area contributed by atoms with E-state index in [4.69, 9.17) is 9.84 Å². The highest BCUT2D eigenvalue weighted by Crippen LogP contribution is 2.14. The topological polar surface area (TPSA) is 58.6 Å². The molecule has 1 fully saturated rings. The van der Waals surface area contributed by atoms with Crippen molar-refractivity contribution in [2.24, 2.45) is 0 Å². The first kappa shape index (κ1) is 11.0. The van der Waals surface area contributed by atoms with E-state index in [0.717, 1.165) is 18.7 Å². The first-order valence-electron chi connectivity index (χ1n) is 5.45. The third-order valence-electron chi connectivity index (χ3n) is 2.71. The van der Waals surface area contributed by atoms with Gasteiger partial charge in [-0.2, -0.15) is 0 Å². The first-order valence-corrected chi connectivity index (χ1v) is 5.45. The summed E-state index contributed by atoms with van der Waals surface area (Å²) in [5.41, 5.74) is 0.284. The largest absolute Gasteiger partial charge is 0.492 e. The number of ether oxygens (including phenoxy) is 1. The van der Waals surface area contributed by atoms with Crippen molar-refractivity contribution in [3.8, 4) is 5.75 Å². The molecule has 1 heterocycles. The lowest BCUT2D eigenvalue weighted by Gasteiger charge is -2.11. The summed E-state index contributed by atoms with van der Waals surface area (Å²) in [5, 5.41) is 12.1. The Hall–Kier alpha value is -1.55. The fourth-order valence-corrected chi connectivity index (χ4v) is 1.79. The van der Waals surface area contributed by atoms with Crippen LogP contribution >= 0.6 is 0 Å². The number of carbonyl (C=O) groups is 1. The van der Waals surface area contributed by atoms with E-state index in [1.54, 1.807) is 24.3 Å². The van der Waals surface area contributed by atoms with Crippen LogP contribution in [0.1, 0.15) is 23.2 Å². The average Bonchev–Trinajstić information content (AvgIpc) is 2.80. The molecule has 1 saturated heterocycles. The molecule has 0 amide bonds. The van der Waals surface area contributed by atoms with Gasteiger partial charge in [-0.05, 0) is 43.7 Å². The molecule has 1 atom stereocenters. The maximum atomic E-state index is 10.6. The van der Waals surface area contributed by atoms with Gasteiger partial charge in [-0.1, -0.05) is 0 Å². The van der Waals surface area contributed by atoms with Crippen molar-refractivity contribution in [2.75, 3.05) is 13.2 Å². The molecular formula is C12H15NO3. The van der Waals surface area contributed by atoms with Crippen molar-refractivity contribution >= 4 is 5.97 Å². The maximum absolute atomic E-state index is 10.6. The SMILES string of the molecule is O=C(O)c1ccc(OCC2CCCN2)cc1. The van der Waals surface area contributed by atoms with Crippen LogP contribution in [0.4, 0.5) is 0 Å². The smallest absolute Gasteiger partial charge is 0.335 e. The van der Waals surface area contributed by atoms with E-state index in [2.05, 4.69) is 5.32 Å². The van der Waals surface area contributed by atoms with E-state index in [1.165, 1.54) is 6.42 Å². The fraction of sp³-hybridized carbons (Fsp3) is 0.417. The molecule has 0 spiro atoms. The van der Waals surface area contributed by atoms with Crippen LogP contribution in [-0.2, 0) is 0 Å². The molecule has 16 heavy (non-hydrogen) atoms. The quantitative estimate of drug-likeness (QED) is 0.809. The molecule has 4 nitrogen and oxygen atoms in total. The molecular weight excluding hydrogens is 206 g/mol. The summed E-state index contributed by atoms with van der Waals surface area (Å²) in [6, 6.07) is 6.93. The van der Waals surface area contributed by atoms with Crippen LogP contribution in [0.25, 0.3) is 0 Å².